The number of carboxylic acids is 1. The number of rotatable bonds is 10. The third-order valence-corrected chi connectivity index (χ3v) is 8.92. The molecule has 246 valence electrons. The van der Waals surface area contributed by atoms with E-state index in [1.165, 1.54) is 0 Å². The first-order valence-electron chi connectivity index (χ1n) is 16.1. The number of hydrogen-bond acceptors (Lipinski definition) is 6. The van der Waals surface area contributed by atoms with Crippen LogP contribution in [0.3, 0.4) is 0 Å². The van der Waals surface area contributed by atoms with Crippen LogP contribution in [-0.2, 0) is 19.1 Å². The standard InChI is InChI=1S/C38H38N4O6/c1-3-36(44)42-24(2)20-33(31-14-8-9-15-34(31)42)39-25-16-18-26(19-17-25)40-35(43)21-41(22-37(45)46)38(47)48-23-32-29-12-6-4-10-27(29)28-11-5-7-13-30(28)32/h4-19,24,32-33,39H,3,20-23H2,1-2H3,(H,40,43)(H,45,46)/t24-,33+/m0/s1. The van der Waals surface area contributed by atoms with Gasteiger partial charge in [0.25, 0.3) is 0 Å². The number of ether oxygens (including phenoxy) is 1. The van der Waals surface area contributed by atoms with Crippen molar-refractivity contribution < 1.29 is 29.0 Å². The summed E-state index contributed by atoms with van der Waals surface area (Å²) in [6.45, 7) is 2.75. The molecule has 0 spiro atoms. The summed E-state index contributed by atoms with van der Waals surface area (Å²) < 4.78 is 5.61. The maximum Gasteiger partial charge on any atom is 0.410 e. The molecule has 0 saturated heterocycles. The van der Waals surface area contributed by atoms with Crippen molar-refractivity contribution in [2.45, 2.75) is 44.7 Å². The van der Waals surface area contributed by atoms with Gasteiger partial charge in [0.05, 0.1) is 6.04 Å². The summed E-state index contributed by atoms with van der Waals surface area (Å²) in [5.41, 5.74) is 7.49. The monoisotopic (exact) mass is 646 g/mol. The number of amides is 3. The van der Waals surface area contributed by atoms with Crippen molar-refractivity contribution in [2.24, 2.45) is 0 Å². The van der Waals surface area contributed by atoms with Crippen molar-refractivity contribution >= 4 is 40.9 Å². The second kappa shape index (κ2) is 14.0. The number of nitrogens with one attached hydrogen (secondary N) is 2. The third-order valence-electron chi connectivity index (χ3n) is 8.92. The van der Waals surface area contributed by atoms with Crippen molar-refractivity contribution in [1.82, 2.24) is 4.90 Å². The molecule has 0 unspecified atom stereocenters. The van der Waals surface area contributed by atoms with Gasteiger partial charge in [-0.25, -0.2) is 4.79 Å². The van der Waals surface area contributed by atoms with Crippen LogP contribution < -0.4 is 15.5 Å². The van der Waals surface area contributed by atoms with Crippen LogP contribution in [0.4, 0.5) is 21.9 Å². The average molecular weight is 647 g/mol. The van der Waals surface area contributed by atoms with Gasteiger partial charge in [0.2, 0.25) is 11.8 Å². The van der Waals surface area contributed by atoms with Crippen molar-refractivity contribution in [3.05, 3.63) is 114 Å². The second-order valence-corrected chi connectivity index (χ2v) is 12.1. The van der Waals surface area contributed by atoms with E-state index in [0.29, 0.717) is 12.1 Å². The van der Waals surface area contributed by atoms with Gasteiger partial charge in [-0.15, -0.1) is 0 Å². The number of carbonyl (C=O) groups is 4. The largest absolute Gasteiger partial charge is 0.480 e. The van der Waals surface area contributed by atoms with Crippen molar-refractivity contribution in [3.8, 4) is 11.1 Å². The third kappa shape index (κ3) is 6.73. The molecule has 0 saturated carbocycles. The normalized spacial score (nSPS) is 16.2. The average Bonchev–Trinajstić information content (AvgIpc) is 3.40. The Balaban J connectivity index is 1.07. The molecule has 0 bridgehead atoms. The first kappa shape index (κ1) is 32.3. The van der Waals surface area contributed by atoms with Crippen molar-refractivity contribution in [1.29, 1.82) is 0 Å². The van der Waals surface area contributed by atoms with E-state index >= 15 is 0 Å². The number of hydrogen-bond donors (Lipinski definition) is 3. The number of carboxylic acid groups (broad SMARTS) is 1. The van der Waals surface area contributed by atoms with Crippen LogP contribution in [0.15, 0.2) is 97.1 Å². The molecule has 3 N–H and O–H groups in total. The van der Waals surface area contributed by atoms with Crippen LogP contribution in [0.5, 0.6) is 0 Å². The lowest BCUT2D eigenvalue weighted by molar-refractivity contribution is -0.138. The van der Waals surface area contributed by atoms with E-state index in [2.05, 4.69) is 10.6 Å². The van der Waals surface area contributed by atoms with Gasteiger partial charge in [-0.2, -0.15) is 0 Å². The molecule has 48 heavy (non-hydrogen) atoms. The van der Waals surface area contributed by atoms with E-state index in [4.69, 9.17) is 4.74 Å². The highest BCUT2D eigenvalue weighted by Crippen LogP contribution is 2.44. The fourth-order valence-electron chi connectivity index (χ4n) is 6.76. The number of carbonyl (C=O) groups excluding carboxylic acids is 3. The minimum absolute atomic E-state index is 0.0102. The lowest BCUT2D eigenvalue weighted by Gasteiger charge is -2.40. The van der Waals surface area contributed by atoms with E-state index < -0.39 is 31.1 Å². The number of nitrogens with zero attached hydrogens (tertiary/aromatic N) is 2. The van der Waals surface area contributed by atoms with E-state index in [1.54, 1.807) is 12.1 Å². The summed E-state index contributed by atoms with van der Waals surface area (Å²) >= 11 is 0. The Hall–Kier alpha value is -5.64. The van der Waals surface area contributed by atoms with Gasteiger partial charge >= 0.3 is 12.1 Å². The maximum atomic E-state index is 13.1. The zero-order valence-corrected chi connectivity index (χ0v) is 26.9. The zero-order chi connectivity index (χ0) is 33.8. The number of benzene rings is 4. The molecule has 10 heteroatoms. The van der Waals surface area contributed by atoms with Gasteiger partial charge in [0.1, 0.15) is 19.7 Å². The summed E-state index contributed by atoms with van der Waals surface area (Å²) in [7, 11) is 0. The molecule has 6 rings (SSSR count). The Morgan fingerprint density at radius 3 is 2.02 bits per heavy atom. The zero-order valence-electron chi connectivity index (χ0n) is 26.9. The van der Waals surface area contributed by atoms with Gasteiger partial charge < -0.3 is 25.4 Å². The molecule has 2 atom stereocenters. The smallest absolute Gasteiger partial charge is 0.410 e. The Morgan fingerprint density at radius 2 is 1.40 bits per heavy atom. The van der Waals surface area contributed by atoms with Gasteiger partial charge in [0.15, 0.2) is 0 Å². The molecule has 4 aromatic rings. The van der Waals surface area contributed by atoms with Crippen LogP contribution >= 0.6 is 0 Å². The van der Waals surface area contributed by atoms with Gasteiger partial charge in [-0.05, 0) is 71.5 Å². The lowest BCUT2D eigenvalue weighted by Crippen LogP contribution is -2.44. The lowest BCUT2D eigenvalue weighted by atomic mass is 9.91. The predicted octanol–water partition coefficient (Wildman–Crippen LogP) is 6.65. The predicted molar refractivity (Wildman–Crippen MR) is 184 cm³/mol. The molecular formula is C38H38N4O6. The molecule has 3 amide bonds. The molecule has 0 aromatic heterocycles. The summed E-state index contributed by atoms with van der Waals surface area (Å²) in [5.74, 6) is -1.92. The minimum Gasteiger partial charge on any atom is -0.480 e. The molecule has 0 fully saturated rings. The second-order valence-electron chi connectivity index (χ2n) is 12.1. The van der Waals surface area contributed by atoms with Gasteiger partial charge in [0, 0.05) is 35.4 Å². The molecule has 2 aliphatic rings. The summed E-state index contributed by atoms with van der Waals surface area (Å²) in [6, 6.07) is 30.9. The van der Waals surface area contributed by atoms with Crippen LogP contribution in [0.2, 0.25) is 0 Å². The van der Waals surface area contributed by atoms with E-state index in [9.17, 15) is 24.3 Å². The Morgan fingerprint density at radius 1 is 0.812 bits per heavy atom. The van der Waals surface area contributed by atoms with E-state index in [1.807, 2.05) is 104 Å². The van der Waals surface area contributed by atoms with Crippen molar-refractivity contribution in [2.75, 3.05) is 35.2 Å². The minimum atomic E-state index is -1.26. The summed E-state index contributed by atoms with van der Waals surface area (Å²) in [5, 5.41) is 15.8. The van der Waals surface area contributed by atoms with Gasteiger partial charge in [-0.3, -0.25) is 19.3 Å². The number of para-hydroxylation sites is 1. The highest BCUT2D eigenvalue weighted by atomic mass is 16.6. The molecule has 4 aromatic carbocycles. The summed E-state index contributed by atoms with van der Waals surface area (Å²) in [4.78, 5) is 53.1. The molecule has 1 aliphatic heterocycles. The molecule has 10 nitrogen and oxygen atoms in total. The number of anilines is 3. The Bertz CT molecular complexity index is 1800. The Kier molecular flexibility index (Phi) is 9.43. The maximum absolute atomic E-state index is 13.1. The molecule has 1 aliphatic carbocycles. The number of fused-ring (bicyclic) bond motifs is 4. The highest BCUT2D eigenvalue weighted by molar-refractivity contribution is 5.96. The highest BCUT2D eigenvalue weighted by Gasteiger charge is 2.33. The fraction of sp³-hybridized carbons (Fsp3) is 0.263. The SMILES string of the molecule is CCC(=O)N1c2ccccc2[C@H](Nc2ccc(NC(=O)CN(CC(=O)O)C(=O)OCC3c4ccccc4-c4ccccc43)cc2)C[C@@H]1C. The number of aliphatic carboxylic acids is 1. The van der Waals surface area contributed by atoms with Crippen LogP contribution in [-0.4, -0.2) is 59.6 Å². The van der Waals surface area contributed by atoms with E-state index in [-0.39, 0.29) is 30.5 Å². The summed E-state index contributed by atoms with van der Waals surface area (Å²) in [6.07, 6.45) is 0.287. The first-order valence-corrected chi connectivity index (χ1v) is 16.1. The molecule has 1 heterocycles. The Labute approximate surface area is 279 Å². The van der Waals surface area contributed by atoms with Crippen molar-refractivity contribution in [3.63, 3.8) is 0 Å². The van der Waals surface area contributed by atoms with E-state index in [0.717, 1.165) is 50.5 Å². The molecule has 0 radical (unpaired) electrons. The van der Waals surface area contributed by atoms with Gasteiger partial charge in [-0.1, -0.05) is 73.7 Å². The van der Waals surface area contributed by atoms with Crippen LogP contribution in [0.25, 0.3) is 11.1 Å². The topological polar surface area (TPSA) is 128 Å². The van der Waals surface area contributed by atoms with Crippen LogP contribution in [0.1, 0.15) is 55.3 Å². The quantitative estimate of drug-likeness (QED) is 0.176. The van der Waals surface area contributed by atoms with Crippen LogP contribution in [0, 0.1) is 0 Å². The molecular weight excluding hydrogens is 608 g/mol. The first-order chi connectivity index (χ1) is 23.2. The fourth-order valence-corrected chi connectivity index (χ4v) is 6.76.